The van der Waals surface area contributed by atoms with Crippen LogP contribution in [0.5, 0.6) is 0 Å². The third-order valence-corrected chi connectivity index (χ3v) is 6.30. The first-order valence-corrected chi connectivity index (χ1v) is 10.9. The van der Waals surface area contributed by atoms with Crippen molar-refractivity contribution in [1.82, 2.24) is 0 Å². The summed E-state index contributed by atoms with van der Waals surface area (Å²) in [6.07, 6.45) is 16.4. The first-order valence-electron chi connectivity index (χ1n) is 9.31. The number of hydrogen-bond donors (Lipinski definition) is 3. The van der Waals surface area contributed by atoms with Gasteiger partial charge in [-0.05, 0) is 6.42 Å². The highest BCUT2D eigenvalue weighted by atomic mass is 79.9. The second kappa shape index (κ2) is 13.5. The van der Waals surface area contributed by atoms with Crippen molar-refractivity contribution in [2.75, 3.05) is 0 Å². The number of hydrogen-bond acceptors (Lipinski definition) is 3. The highest BCUT2D eigenvalue weighted by molar-refractivity contribution is 9.25. The minimum Gasteiger partial charge on any atom is -0.477 e. The number of carboxylic acids is 1. The Morgan fingerprint density at radius 1 is 0.750 bits per heavy atom. The Bertz CT molecular complexity index is 333. The van der Waals surface area contributed by atoms with Crippen LogP contribution >= 0.6 is 31.9 Å². The molecule has 0 aliphatic heterocycles. The standard InChI is InChI=1S/C18H34Br2O4/c1-2-3-4-5-6-7-8-9-10-11-12-13-14-15-17(19,20)18(23,24)16(21)22/h23-24H,2-15H2,1H3,(H,21,22). The Morgan fingerprint density at radius 2 is 1.08 bits per heavy atom. The molecule has 0 unspecified atom stereocenters. The van der Waals surface area contributed by atoms with Crippen LogP contribution in [0.25, 0.3) is 0 Å². The van der Waals surface area contributed by atoms with Crippen molar-refractivity contribution in [3.63, 3.8) is 0 Å². The van der Waals surface area contributed by atoms with Crippen LogP contribution in [0.1, 0.15) is 96.8 Å². The average Bonchev–Trinajstić information content (AvgIpc) is 2.51. The molecule has 0 aromatic rings. The first kappa shape index (κ1) is 24.4. The van der Waals surface area contributed by atoms with E-state index >= 15 is 0 Å². The second-order valence-electron chi connectivity index (χ2n) is 6.67. The highest BCUT2D eigenvalue weighted by Gasteiger charge is 2.52. The lowest BCUT2D eigenvalue weighted by molar-refractivity contribution is -0.205. The number of alkyl halides is 2. The van der Waals surface area contributed by atoms with Crippen molar-refractivity contribution in [1.29, 1.82) is 0 Å². The summed E-state index contributed by atoms with van der Waals surface area (Å²) in [4.78, 5) is 10.8. The third kappa shape index (κ3) is 10.4. The number of halogens is 2. The Kier molecular flexibility index (Phi) is 13.7. The quantitative estimate of drug-likeness (QED) is 0.152. The van der Waals surface area contributed by atoms with Crippen LogP contribution in [0.4, 0.5) is 0 Å². The summed E-state index contributed by atoms with van der Waals surface area (Å²) >= 11 is 6.15. The Hall–Kier alpha value is 0.350. The predicted molar refractivity (Wildman–Crippen MR) is 106 cm³/mol. The molecular weight excluding hydrogens is 440 g/mol. The summed E-state index contributed by atoms with van der Waals surface area (Å²) in [5.74, 6) is -4.48. The summed E-state index contributed by atoms with van der Waals surface area (Å²) < 4.78 is -1.41. The lowest BCUT2D eigenvalue weighted by Gasteiger charge is -2.30. The van der Waals surface area contributed by atoms with E-state index in [4.69, 9.17) is 5.11 Å². The molecule has 0 heterocycles. The number of carbonyl (C=O) groups is 1. The minimum atomic E-state index is -2.82. The normalized spacial score (nSPS) is 12.5. The zero-order valence-corrected chi connectivity index (χ0v) is 18.1. The van der Waals surface area contributed by atoms with Crippen LogP contribution in [-0.4, -0.2) is 30.3 Å². The van der Waals surface area contributed by atoms with Gasteiger partial charge in [-0.25, -0.2) is 4.79 Å². The molecule has 0 aliphatic rings. The predicted octanol–water partition coefficient (Wildman–Crippen LogP) is 5.72. The molecule has 0 rings (SSSR count). The molecule has 0 atom stereocenters. The summed E-state index contributed by atoms with van der Waals surface area (Å²) in [6, 6.07) is 0. The molecule has 4 nitrogen and oxygen atoms in total. The van der Waals surface area contributed by atoms with Crippen molar-refractivity contribution in [3.8, 4) is 0 Å². The monoisotopic (exact) mass is 472 g/mol. The molecule has 0 spiro atoms. The van der Waals surface area contributed by atoms with Gasteiger partial charge in [-0.1, -0.05) is 122 Å². The Balaban J connectivity index is 3.50. The van der Waals surface area contributed by atoms with Crippen LogP contribution in [0, 0.1) is 0 Å². The number of carboxylic acid groups (broad SMARTS) is 1. The van der Waals surface area contributed by atoms with E-state index in [2.05, 4.69) is 38.8 Å². The molecule has 6 heteroatoms. The van der Waals surface area contributed by atoms with Crippen LogP contribution in [0.2, 0.25) is 0 Å². The molecule has 0 fully saturated rings. The number of aliphatic carboxylic acids is 1. The van der Waals surface area contributed by atoms with E-state index in [0.29, 0.717) is 6.42 Å². The summed E-state index contributed by atoms with van der Waals surface area (Å²) in [5.41, 5.74) is 0. The summed E-state index contributed by atoms with van der Waals surface area (Å²) in [5, 5.41) is 28.0. The topological polar surface area (TPSA) is 77.8 Å². The van der Waals surface area contributed by atoms with E-state index in [1.165, 1.54) is 64.2 Å². The zero-order valence-electron chi connectivity index (χ0n) is 14.9. The average molecular weight is 474 g/mol. The molecule has 3 N–H and O–H groups in total. The molecular formula is C18H34Br2O4. The van der Waals surface area contributed by atoms with Gasteiger partial charge >= 0.3 is 5.97 Å². The molecule has 0 saturated heterocycles. The molecule has 0 aromatic heterocycles. The van der Waals surface area contributed by atoms with Gasteiger partial charge in [0.1, 0.15) is 3.23 Å². The molecule has 0 amide bonds. The van der Waals surface area contributed by atoms with Crippen molar-refractivity contribution in [2.45, 2.75) is 106 Å². The smallest absolute Gasteiger partial charge is 0.366 e. The number of unbranched alkanes of at least 4 members (excludes halogenated alkanes) is 12. The highest BCUT2D eigenvalue weighted by Crippen LogP contribution is 2.41. The summed E-state index contributed by atoms with van der Waals surface area (Å²) in [6.45, 7) is 2.24. The van der Waals surface area contributed by atoms with Crippen molar-refractivity contribution >= 4 is 37.8 Å². The van der Waals surface area contributed by atoms with Gasteiger partial charge in [0.2, 0.25) is 0 Å². The van der Waals surface area contributed by atoms with Crippen LogP contribution in [0.3, 0.4) is 0 Å². The van der Waals surface area contributed by atoms with E-state index in [1.54, 1.807) is 0 Å². The van der Waals surface area contributed by atoms with E-state index < -0.39 is 15.0 Å². The van der Waals surface area contributed by atoms with E-state index in [1.807, 2.05) is 0 Å². The number of rotatable bonds is 16. The van der Waals surface area contributed by atoms with Crippen LogP contribution in [-0.2, 0) is 4.79 Å². The van der Waals surface area contributed by atoms with E-state index in [-0.39, 0.29) is 0 Å². The third-order valence-electron chi connectivity index (χ3n) is 4.40. The van der Waals surface area contributed by atoms with Crippen LogP contribution < -0.4 is 0 Å². The van der Waals surface area contributed by atoms with Crippen LogP contribution in [0.15, 0.2) is 0 Å². The lowest BCUT2D eigenvalue weighted by atomic mass is 10.0. The SMILES string of the molecule is CCCCCCCCCCCCCCCC(Br)(Br)C(O)(O)C(=O)O. The molecule has 0 aliphatic carbocycles. The van der Waals surface area contributed by atoms with Gasteiger partial charge in [0.25, 0.3) is 5.79 Å². The second-order valence-corrected chi connectivity index (χ2v) is 10.4. The number of aliphatic hydroxyl groups is 2. The molecule has 0 aromatic carbocycles. The fourth-order valence-electron chi connectivity index (χ4n) is 2.70. The molecule has 0 radical (unpaired) electrons. The van der Waals surface area contributed by atoms with E-state index in [9.17, 15) is 15.0 Å². The van der Waals surface area contributed by atoms with E-state index in [0.717, 1.165) is 19.3 Å². The zero-order chi connectivity index (χ0) is 18.5. The maximum Gasteiger partial charge on any atom is 0.366 e. The van der Waals surface area contributed by atoms with Gasteiger partial charge in [-0.2, -0.15) is 0 Å². The Labute approximate surface area is 163 Å². The molecule has 144 valence electrons. The van der Waals surface area contributed by atoms with Gasteiger partial charge in [0, 0.05) is 0 Å². The van der Waals surface area contributed by atoms with Crippen molar-refractivity contribution < 1.29 is 20.1 Å². The van der Waals surface area contributed by atoms with Gasteiger partial charge < -0.3 is 15.3 Å². The first-order chi connectivity index (χ1) is 11.3. The molecule has 24 heavy (non-hydrogen) atoms. The lowest BCUT2D eigenvalue weighted by Crippen LogP contribution is -2.52. The largest absolute Gasteiger partial charge is 0.477 e. The van der Waals surface area contributed by atoms with Gasteiger partial charge in [0.15, 0.2) is 0 Å². The molecule has 0 saturated carbocycles. The van der Waals surface area contributed by atoms with Gasteiger partial charge in [0.05, 0.1) is 0 Å². The summed E-state index contributed by atoms with van der Waals surface area (Å²) in [7, 11) is 0. The van der Waals surface area contributed by atoms with Gasteiger partial charge in [-0.15, -0.1) is 0 Å². The van der Waals surface area contributed by atoms with Crippen molar-refractivity contribution in [2.24, 2.45) is 0 Å². The maximum absolute atomic E-state index is 10.8. The fourth-order valence-corrected chi connectivity index (χ4v) is 3.60. The minimum absolute atomic E-state index is 0.337. The molecule has 0 bridgehead atoms. The van der Waals surface area contributed by atoms with Gasteiger partial charge in [-0.3, -0.25) is 0 Å². The fraction of sp³-hybridized carbons (Fsp3) is 0.944. The maximum atomic E-state index is 10.8. The van der Waals surface area contributed by atoms with Crippen molar-refractivity contribution in [3.05, 3.63) is 0 Å². The Morgan fingerprint density at radius 3 is 1.42 bits per heavy atom.